The van der Waals surface area contributed by atoms with Crippen molar-refractivity contribution < 1.29 is 19.0 Å². The van der Waals surface area contributed by atoms with Crippen LogP contribution >= 0.6 is 0 Å². The summed E-state index contributed by atoms with van der Waals surface area (Å²) < 4.78 is 16.8. The second-order valence-electron chi connectivity index (χ2n) is 5.99. The van der Waals surface area contributed by atoms with Crippen molar-refractivity contribution in [2.24, 2.45) is 0 Å². The highest BCUT2D eigenvalue weighted by atomic mass is 16.5. The van der Waals surface area contributed by atoms with E-state index in [1.807, 2.05) is 26.0 Å². The van der Waals surface area contributed by atoms with Crippen LogP contribution in [0, 0.1) is 11.3 Å². The van der Waals surface area contributed by atoms with Gasteiger partial charge in [0.1, 0.15) is 23.4 Å². The van der Waals surface area contributed by atoms with Crippen LogP contribution in [0.2, 0.25) is 0 Å². The molecule has 6 heteroatoms. The van der Waals surface area contributed by atoms with Gasteiger partial charge in [-0.25, -0.2) is 0 Å². The summed E-state index contributed by atoms with van der Waals surface area (Å²) in [5, 5.41) is 11.6. The summed E-state index contributed by atoms with van der Waals surface area (Å²) in [5.41, 5.74) is 2.18. The Kier molecular flexibility index (Phi) is 5.28. The van der Waals surface area contributed by atoms with E-state index >= 15 is 0 Å². The van der Waals surface area contributed by atoms with E-state index in [1.165, 1.54) is 0 Å². The molecule has 0 radical (unpaired) electrons. The second kappa shape index (κ2) is 7.79. The maximum Gasteiger partial charge on any atom is 0.262 e. The van der Waals surface area contributed by atoms with Gasteiger partial charge in [0.2, 0.25) is 0 Å². The SMILES string of the molecule is CCOc1cc2c(cc1NC(=O)COc1ccc(C#N)cc1)O[C@@H](C)C2. The molecule has 26 heavy (non-hydrogen) atoms. The van der Waals surface area contributed by atoms with Crippen molar-refractivity contribution in [1.29, 1.82) is 5.26 Å². The number of ether oxygens (including phenoxy) is 3. The lowest BCUT2D eigenvalue weighted by Gasteiger charge is -2.14. The van der Waals surface area contributed by atoms with Gasteiger partial charge in [-0.2, -0.15) is 5.26 Å². The molecule has 0 saturated heterocycles. The molecule has 6 nitrogen and oxygen atoms in total. The molecule has 0 spiro atoms. The third-order valence-electron chi connectivity index (χ3n) is 3.93. The topological polar surface area (TPSA) is 80.6 Å². The summed E-state index contributed by atoms with van der Waals surface area (Å²) in [6.07, 6.45) is 0.941. The first-order valence-electron chi connectivity index (χ1n) is 8.48. The Bertz CT molecular complexity index is 840. The van der Waals surface area contributed by atoms with E-state index in [9.17, 15) is 4.79 Å². The molecule has 0 bridgehead atoms. The monoisotopic (exact) mass is 352 g/mol. The smallest absolute Gasteiger partial charge is 0.262 e. The number of amides is 1. The summed E-state index contributed by atoms with van der Waals surface area (Å²) >= 11 is 0. The fourth-order valence-corrected chi connectivity index (χ4v) is 2.77. The molecule has 2 aromatic carbocycles. The zero-order chi connectivity index (χ0) is 18.5. The van der Waals surface area contributed by atoms with E-state index in [2.05, 4.69) is 5.32 Å². The van der Waals surface area contributed by atoms with Gasteiger partial charge in [0.25, 0.3) is 5.91 Å². The fourth-order valence-electron chi connectivity index (χ4n) is 2.77. The van der Waals surface area contributed by atoms with Crippen LogP contribution in [0.1, 0.15) is 25.0 Å². The molecule has 0 saturated carbocycles. The van der Waals surface area contributed by atoms with Gasteiger partial charge >= 0.3 is 0 Å². The number of fused-ring (bicyclic) bond motifs is 1. The molecular formula is C20H20N2O4. The lowest BCUT2D eigenvalue weighted by Crippen LogP contribution is -2.20. The van der Waals surface area contributed by atoms with Crippen LogP contribution in [-0.2, 0) is 11.2 Å². The van der Waals surface area contributed by atoms with Crippen LogP contribution in [0.5, 0.6) is 17.2 Å². The van der Waals surface area contributed by atoms with Gasteiger partial charge in [-0.15, -0.1) is 0 Å². The fraction of sp³-hybridized carbons (Fsp3) is 0.300. The summed E-state index contributed by atoms with van der Waals surface area (Å²) in [7, 11) is 0. The highest BCUT2D eigenvalue weighted by Gasteiger charge is 2.22. The molecule has 0 fully saturated rings. The molecular weight excluding hydrogens is 332 g/mol. The quantitative estimate of drug-likeness (QED) is 0.863. The number of anilines is 1. The summed E-state index contributed by atoms with van der Waals surface area (Å²) in [6.45, 7) is 4.25. The first-order chi connectivity index (χ1) is 12.6. The van der Waals surface area contributed by atoms with E-state index < -0.39 is 0 Å². The Morgan fingerprint density at radius 3 is 2.77 bits per heavy atom. The van der Waals surface area contributed by atoms with Crippen LogP contribution in [0.25, 0.3) is 0 Å². The number of hydrogen-bond donors (Lipinski definition) is 1. The van der Waals surface area contributed by atoms with Crippen LogP contribution in [-0.4, -0.2) is 25.2 Å². The molecule has 134 valence electrons. The van der Waals surface area contributed by atoms with Gasteiger partial charge in [0, 0.05) is 18.1 Å². The van der Waals surface area contributed by atoms with Crippen molar-refractivity contribution in [3.05, 3.63) is 47.5 Å². The van der Waals surface area contributed by atoms with Crippen LogP contribution < -0.4 is 19.5 Å². The predicted octanol–water partition coefficient (Wildman–Crippen LogP) is 3.30. The summed E-state index contributed by atoms with van der Waals surface area (Å²) in [4.78, 5) is 12.2. The normalized spacial score (nSPS) is 14.7. The number of nitriles is 1. The first-order valence-corrected chi connectivity index (χ1v) is 8.48. The van der Waals surface area contributed by atoms with E-state index in [0.717, 1.165) is 17.7 Å². The maximum absolute atomic E-state index is 12.2. The molecule has 3 rings (SSSR count). The molecule has 2 aromatic rings. The molecule has 0 unspecified atom stereocenters. The third-order valence-corrected chi connectivity index (χ3v) is 3.93. The van der Waals surface area contributed by atoms with Crippen LogP contribution in [0.4, 0.5) is 5.69 Å². The van der Waals surface area contributed by atoms with Crippen LogP contribution in [0.15, 0.2) is 36.4 Å². The Balaban J connectivity index is 1.66. The number of carbonyl (C=O) groups is 1. The minimum atomic E-state index is -0.304. The maximum atomic E-state index is 12.2. The van der Waals surface area contributed by atoms with Crippen molar-refractivity contribution in [3.8, 4) is 23.3 Å². The molecule has 1 aliphatic rings. The van der Waals surface area contributed by atoms with Crippen molar-refractivity contribution in [3.63, 3.8) is 0 Å². The van der Waals surface area contributed by atoms with E-state index in [0.29, 0.717) is 29.4 Å². The predicted molar refractivity (Wildman–Crippen MR) is 96.7 cm³/mol. The number of hydrogen-bond acceptors (Lipinski definition) is 5. The van der Waals surface area contributed by atoms with Gasteiger partial charge in [0.05, 0.1) is 23.9 Å². The second-order valence-corrected chi connectivity index (χ2v) is 5.99. The number of carbonyl (C=O) groups excluding carboxylic acids is 1. The van der Waals surface area contributed by atoms with E-state index in [4.69, 9.17) is 19.5 Å². The minimum absolute atomic E-state index is 0.116. The van der Waals surface area contributed by atoms with Gasteiger partial charge in [-0.1, -0.05) is 0 Å². The molecule has 1 atom stereocenters. The highest BCUT2D eigenvalue weighted by Crippen LogP contribution is 2.38. The van der Waals surface area contributed by atoms with Gasteiger partial charge in [-0.05, 0) is 44.2 Å². The lowest BCUT2D eigenvalue weighted by atomic mass is 10.1. The van der Waals surface area contributed by atoms with Crippen molar-refractivity contribution >= 4 is 11.6 Å². The zero-order valence-corrected chi connectivity index (χ0v) is 14.7. The molecule has 1 heterocycles. The number of rotatable bonds is 6. The Morgan fingerprint density at radius 2 is 2.08 bits per heavy atom. The third kappa shape index (κ3) is 4.06. The van der Waals surface area contributed by atoms with E-state index in [1.54, 1.807) is 30.3 Å². The Hall–Kier alpha value is -3.20. The number of nitrogens with zero attached hydrogens (tertiary/aromatic N) is 1. The molecule has 1 aliphatic heterocycles. The summed E-state index contributed by atoms with van der Waals surface area (Å²) in [5.74, 6) is 1.61. The average molecular weight is 352 g/mol. The van der Waals surface area contributed by atoms with Crippen molar-refractivity contribution in [1.82, 2.24) is 0 Å². The summed E-state index contributed by atoms with van der Waals surface area (Å²) in [6, 6.07) is 12.3. The van der Waals surface area contributed by atoms with Gasteiger partial charge in [0.15, 0.2) is 6.61 Å². The number of nitrogens with one attached hydrogen (secondary N) is 1. The molecule has 1 N–H and O–H groups in total. The molecule has 0 aromatic heterocycles. The molecule has 1 amide bonds. The Labute approximate surface area is 152 Å². The van der Waals surface area contributed by atoms with Crippen molar-refractivity contribution in [2.45, 2.75) is 26.4 Å². The zero-order valence-electron chi connectivity index (χ0n) is 14.7. The van der Waals surface area contributed by atoms with Crippen LogP contribution in [0.3, 0.4) is 0 Å². The standard InChI is InChI=1S/C20H20N2O4/c1-3-24-19-9-15-8-13(2)26-18(15)10-17(19)22-20(23)12-25-16-6-4-14(11-21)5-7-16/h4-7,9-10,13H,3,8,12H2,1-2H3,(H,22,23)/t13-/m0/s1. The lowest BCUT2D eigenvalue weighted by molar-refractivity contribution is -0.118. The largest absolute Gasteiger partial charge is 0.492 e. The first kappa shape index (κ1) is 17.6. The highest BCUT2D eigenvalue weighted by molar-refractivity contribution is 5.93. The van der Waals surface area contributed by atoms with Gasteiger partial charge < -0.3 is 19.5 Å². The molecule has 0 aliphatic carbocycles. The van der Waals surface area contributed by atoms with Gasteiger partial charge in [-0.3, -0.25) is 4.79 Å². The average Bonchev–Trinajstić information content (AvgIpc) is 2.99. The van der Waals surface area contributed by atoms with Crippen molar-refractivity contribution in [2.75, 3.05) is 18.5 Å². The minimum Gasteiger partial charge on any atom is -0.492 e. The number of benzene rings is 2. The Morgan fingerprint density at radius 1 is 1.31 bits per heavy atom. The van der Waals surface area contributed by atoms with E-state index in [-0.39, 0.29) is 18.6 Å².